The molecule has 126 valence electrons. The summed E-state index contributed by atoms with van der Waals surface area (Å²) in [4.78, 5) is 23.7. The van der Waals surface area contributed by atoms with Crippen molar-refractivity contribution >= 4 is 23.3 Å². The molecule has 24 heavy (non-hydrogen) atoms. The van der Waals surface area contributed by atoms with Crippen molar-refractivity contribution in [3.8, 4) is 0 Å². The van der Waals surface area contributed by atoms with Crippen LogP contribution in [0, 0.1) is 12.8 Å². The number of amides is 3. The van der Waals surface area contributed by atoms with Crippen LogP contribution in [0.3, 0.4) is 0 Å². The largest absolute Gasteiger partial charge is 0.334 e. The third-order valence-corrected chi connectivity index (χ3v) is 3.49. The Kier molecular flexibility index (Phi) is 5.95. The van der Waals surface area contributed by atoms with Gasteiger partial charge in [-0.3, -0.25) is 4.79 Å². The third kappa shape index (κ3) is 5.43. The van der Waals surface area contributed by atoms with Crippen molar-refractivity contribution in [3.63, 3.8) is 0 Å². The van der Waals surface area contributed by atoms with Gasteiger partial charge in [-0.1, -0.05) is 49.7 Å². The molecule has 3 N–H and O–H groups in total. The lowest BCUT2D eigenvalue weighted by Crippen LogP contribution is -2.28. The van der Waals surface area contributed by atoms with E-state index in [0.717, 1.165) is 5.56 Å². The molecule has 0 saturated carbocycles. The normalized spacial score (nSPS) is 10.3. The zero-order chi connectivity index (χ0) is 17.5. The van der Waals surface area contributed by atoms with E-state index in [1.165, 1.54) is 5.56 Å². The maximum atomic E-state index is 12.0. The highest BCUT2D eigenvalue weighted by Gasteiger charge is 2.08. The predicted molar refractivity (Wildman–Crippen MR) is 96.9 cm³/mol. The zero-order valence-electron chi connectivity index (χ0n) is 14.2. The van der Waals surface area contributed by atoms with Gasteiger partial charge in [-0.25, -0.2) is 4.79 Å². The highest BCUT2D eigenvalue weighted by atomic mass is 16.2. The first-order valence-electron chi connectivity index (χ1n) is 7.95. The summed E-state index contributed by atoms with van der Waals surface area (Å²) < 4.78 is 0. The Labute approximate surface area is 142 Å². The molecule has 2 rings (SSSR count). The van der Waals surface area contributed by atoms with Crippen LogP contribution in [-0.4, -0.2) is 11.9 Å². The second-order valence-corrected chi connectivity index (χ2v) is 6.02. The van der Waals surface area contributed by atoms with Gasteiger partial charge in [0.05, 0.1) is 0 Å². The van der Waals surface area contributed by atoms with Crippen LogP contribution >= 0.6 is 0 Å². The molecule has 2 aromatic rings. The standard InChI is InChI=1S/C19H23N3O2/c1-13(2)18(23)21-16-5-4-6-17(11-16)22-19(24)20-12-15-9-7-14(3)8-10-15/h4-11,13H,12H2,1-3H3,(H,21,23)(H2,20,22,24). The molecule has 0 atom stereocenters. The fourth-order valence-electron chi connectivity index (χ4n) is 2.02. The number of urea groups is 1. The van der Waals surface area contributed by atoms with Gasteiger partial charge in [0.2, 0.25) is 5.91 Å². The Morgan fingerprint density at radius 1 is 0.958 bits per heavy atom. The van der Waals surface area contributed by atoms with Crippen LogP contribution in [0.5, 0.6) is 0 Å². The minimum Gasteiger partial charge on any atom is -0.334 e. The molecular weight excluding hydrogens is 302 g/mol. The molecule has 2 aromatic carbocycles. The van der Waals surface area contributed by atoms with Gasteiger partial charge in [-0.05, 0) is 30.7 Å². The summed E-state index contributed by atoms with van der Waals surface area (Å²) in [5.41, 5.74) is 3.50. The molecule has 0 saturated heterocycles. The van der Waals surface area contributed by atoms with E-state index in [2.05, 4.69) is 16.0 Å². The van der Waals surface area contributed by atoms with E-state index in [0.29, 0.717) is 17.9 Å². The molecule has 0 heterocycles. The van der Waals surface area contributed by atoms with Gasteiger partial charge in [0.15, 0.2) is 0 Å². The topological polar surface area (TPSA) is 70.2 Å². The van der Waals surface area contributed by atoms with Crippen LogP contribution in [0.4, 0.5) is 16.2 Å². The van der Waals surface area contributed by atoms with Crippen molar-refractivity contribution in [2.24, 2.45) is 5.92 Å². The number of hydrogen-bond acceptors (Lipinski definition) is 2. The molecule has 0 aliphatic carbocycles. The molecule has 0 aliphatic heterocycles. The molecule has 0 radical (unpaired) electrons. The van der Waals surface area contributed by atoms with Crippen LogP contribution in [0.2, 0.25) is 0 Å². The molecule has 5 nitrogen and oxygen atoms in total. The van der Waals surface area contributed by atoms with E-state index in [4.69, 9.17) is 0 Å². The molecule has 0 spiro atoms. The van der Waals surface area contributed by atoms with Gasteiger partial charge < -0.3 is 16.0 Å². The molecule has 0 aromatic heterocycles. The Balaban J connectivity index is 1.89. The van der Waals surface area contributed by atoms with E-state index in [-0.39, 0.29) is 17.9 Å². The molecule has 0 bridgehead atoms. The van der Waals surface area contributed by atoms with Crippen LogP contribution in [0.1, 0.15) is 25.0 Å². The lowest BCUT2D eigenvalue weighted by atomic mass is 10.1. The highest BCUT2D eigenvalue weighted by Crippen LogP contribution is 2.16. The molecular formula is C19H23N3O2. The van der Waals surface area contributed by atoms with Crippen LogP contribution in [0.15, 0.2) is 48.5 Å². The quantitative estimate of drug-likeness (QED) is 0.780. The monoisotopic (exact) mass is 325 g/mol. The summed E-state index contributed by atoms with van der Waals surface area (Å²) in [6, 6.07) is 14.8. The van der Waals surface area contributed by atoms with Crippen molar-refractivity contribution in [1.82, 2.24) is 5.32 Å². The van der Waals surface area contributed by atoms with E-state index >= 15 is 0 Å². The van der Waals surface area contributed by atoms with E-state index in [1.807, 2.05) is 45.0 Å². The van der Waals surface area contributed by atoms with Crippen LogP contribution < -0.4 is 16.0 Å². The Bertz CT molecular complexity index is 709. The first-order chi connectivity index (χ1) is 11.4. The van der Waals surface area contributed by atoms with Gasteiger partial charge >= 0.3 is 6.03 Å². The first-order valence-corrected chi connectivity index (χ1v) is 7.95. The van der Waals surface area contributed by atoms with Gasteiger partial charge in [0.1, 0.15) is 0 Å². The lowest BCUT2D eigenvalue weighted by molar-refractivity contribution is -0.118. The molecule has 0 unspecified atom stereocenters. The van der Waals surface area contributed by atoms with E-state index < -0.39 is 0 Å². The zero-order valence-corrected chi connectivity index (χ0v) is 14.2. The average Bonchev–Trinajstić information content (AvgIpc) is 2.54. The summed E-state index contributed by atoms with van der Waals surface area (Å²) in [7, 11) is 0. The molecule has 0 aliphatic rings. The van der Waals surface area contributed by atoms with Crippen LogP contribution in [-0.2, 0) is 11.3 Å². The fraction of sp³-hybridized carbons (Fsp3) is 0.263. The summed E-state index contributed by atoms with van der Waals surface area (Å²) in [6.07, 6.45) is 0. The third-order valence-electron chi connectivity index (χ3n) is 3.49. The van der Waals surface area contributed by atoms with Crippen molar-refractivity contribution in [2.75, 3.05) is 10.6 Å². The summed E-state index contributed by atoms with van der Waals surface area (Å²) in [5, 5.41) is 8.38. The number of aryl methyl sites for hydroxylation is 1. The van der Waals surface area contributed by atoms with Crippen LogP contribution in [0.25, 0.3) is 0 Å². The Hall–Kier alpha value is -2.82. The van der Waals surface area contributed by atoms with Crippen molar-refractivity contribution < 1.29 is 9.59 Å². The molecule has 0 fully saturated rings. The average molecular weight is 325 g/mol. The van der Waals surface area contributed by atoms with Crippen molar-refractivity contribution in [1.29, 1.82) is 0 Å². The number of nitrogens with one attached hydrogen (secondary N) is 3. The SMILES string of the molecule is Cc1ccc(CNC(=O)Nc2cccc(NC(=O)C(C)C)c2)cc1. The molecule has 5 heteroatoms. The van der Waals surface area contributed by atoms with E-state index in [1.54, 1.807) is 24.3 Å². The minimum atomic E-state index is -0.289. The second kappa shape index (κ2) is 8.15. The van der Waals surface area contributed by atoms with Gasteiger partial charge in [-0.2, -0.15) is 0 Å². The number of anilines is 2. The maximum Gasteiger partial charge on any atom is 0.319 e. The summed E-state index contributed by atoms with van der Waals surface area (Å²) in [5.74, 6) is -0.157. The Morgan fingerprint density at radius 2 is 1.58 bits per heavy atom. The van der Waals surface area contributed by atoms with Crippen molar-refractivity contribution in [3.05, 3.63) is 59.7 Å². The second-order valence-electron chi connectivity index (χ2n) is 6.02. The first kappa shape index (κ1) is 17.5. The van der Waals surface area contributed by atoms with E-state index in [9.17, 15) is 9.59 Å². The fourth-order valence-corrected chi connectivity index (χ4v) is 2.02. The number of carbonyl (C=O) groups is 2. The number of carbonyl (C=O) groups excluding carboxylic acids is 2. The number of hydrogen-bond donors (Lipinski definition) is 3. The van der Waals surface area contributed by atoms with Gasteiger partial charge in [0, 0.05) is 23.8 Å². The lowest BCUT2D eigenvalue weighted by Gasteiger charge is -2.11. The maximum absolute atomic E-state index is 12.0. The predicted octanol–water partition coefficient (Wildman–Crippen LogP) is 3.91. The highest BCUT2D eigenvalue weighted by molar-refractivity contribution is 5.94. The minimum absolute atomic E-state index is 0.0593. The molecule has 3 amide bonds. The summed E-state index contributed by atoms with van der Waals surface area (Å²) in [6.45, 7) is 6.14. The smallest absolute Gasteiger partial charge is 0.319 e. The summed E-state index contributed by atoms with van der Waals surface area (Å²) >= 11 is 0. The number of rotatable bonds is 5. The number of benzene rings is 2. The van der Waals surface area contributed by atoms with Gasteiger partial charge in [-0.15, -0.1) is 0 Å². The van der Waals surface area contributed by atoms with Crippen molar-refractivity contribution in [2.45, 2.75) is 27.3 Å². The van der Waals surface area contributed by atoms with Gasteiger partial charge in [0.25, 0.3) is 0 Å². The Morgan fingerprint density at radius 3 is 2.21 bits per heavy atom.